The van der Waals surface area contributed by atoms with Gasteiger partial charge in [-0.2, -0.15) is 0 Å². The molecule has 1 aromatic carbocycles. The molecule has 0 aliphatic heterocycles. The molecule has 2 N–H and O–H groups in total. The molecule has 0 unspecified atom stereocenters. The molecule has 0 aliphatic rings. The van der Waals surface area contributed by atoms with Crippen LogP contribution in [0.2, 0.25) is 0 Å². The molecule has 0 saturated carbocycles. The van der Waals surface area contributed by atoms with Gasteiger partial charge in [0.1, 0.15) is 11.5 Å². The van der Waals surface area contributed by atoms with Gasteiger partial charge in [0.25, 0.3) is 5.91 Å². The van der Waals surface area contributed by atoms with Crippen molar-refractivity contribution in [1.82, 2.24) is 9.97 Å². The van der Waals surface area contributed by atoms with Crippen LogP contribution in [0.15, 0.2) is 41.8 Å². The molecule has 0 aliphatic carbocycles. The Kier molecular flexibility index (Phi) is 4.57. The minimum Gasteiger partial charge on any atom is -0.321 e. The number of rotatable bonds is 4. The van der Waals surface area contributed by atoms with Crippen molar-refractivity contribution in [2.75, 3.05) is 10.6 Å². The lowest BCUT2D eigenvalue weighted by Crippen LogP contribution is -2.12. The van der Waals surface area contributed by atoms with Gasteiger partial charge in [0.15, 0.2) is 5.13 Å². The summed E-state index contributed by atoms with van der Waals surface area (Å²) >= 11 is 1.37. The number of benzene rings is 1. The molecule has 3 rings (SSSR count). The summed E-state index contributed by atoms with van der Waals surface area (Å²) in [5.41, 5.74) is 4.30. The number of pyridine rings is 1. The van der Waals surface area contributed by atoms with E-state index >= 15 is 0 Å². The molecule has 3 aromatic rings. The summed E-state index contributed by atoms with van der Waals surface area (Å²) in [4.78, 5) is 21.0. The topological polar surface area (TPSA) is 66.9 Å². The zero-order chi connectivity index (χ0) is 17.1. The second kappa shape index (κ2) is 6.80. The maximum Gasteiger partial charge on any atom is 0.275 e. The van der Waals surface area contributed by atoms with Crippen LogP contribution >= 0.6 is 11.3 Å². The number of hydrogen-bond acceptors (Lipinski definition) is 5. The highest BCUT2D eigenvalue weighted by Crippen LogP contribution is 2.21. The van der Waals surface area contributed by atoms with Crippen molar-refractivity contribution in [3.8, 4) is 0 Å². The zero-order valence-corrected chi connectivity index (χ0v) is 14.6. The highest BCUT2D eigenvalue weighted by molar-refractivity contribution is 7.14. The van der Waals surface area contributed by atoms with Crippen molar-refractivity contribution < 1.29 is 4.79 Å². The largest absolute Gasteiger partial charge is 0.321 e. The van der Waals surface area contributed by atoms with Crippen molar-refractivity contribution in [2.45, 2.75) is 20.8 Å². The Hall–Kier alpha value is -2.73. The van der Waals surface area contributed by atoms with Crippen LogP contribution in [0.4, 0.5) is 16.6 Å². The molecule has 0 atom stereocenters. The summed E-state index contributed by atoms with van der Waals surface area (Å²) in [5, 5.41) is 8.38. The van der Waals surface area contributed by atoms with Crippen LogP contribution in [0.3, 0.4) is 0 Å². The van der Waals surface area contributed by atoms with E-state index in [0.29, 0.717) is 16.6 Å². The molecule has 2 aromatic heterocycles. The summed E-state index contributed by atoms with van der Waals surface area (Å²) in [6.45, 7) is 5.93. The fourth-order valence-corrected chi connectivity index (χ4v) is 3.10. The fourth-order valence-electron chi connectivity index (χ4n) is 2.40. The molecule has 0 bridgehead atoms. The number of carbonyl (C=O) groups is 1. The molecule has 0 radical (unpaired) electrons. The van der Waals surface area contributed by atoms with Gasteiger partial charge >= 0.3 is 0 Å². The summed E-state index contributed by atoms with van der Waals surface area (Å²) in [5.74, 6) is 0.493. The van der Waals surface area contributed by atoms with Crippen LogP contribution < -0.4 is 10.6 Å². The number of hydrogen-bond donors (Lipinski definition) is 2. The predicted octanol–water partition coefficient (Wildman–Crippen LogP) is 4.46. The van der Waals surface area contributed by atoms with E-state index in [-0.39, 0.29) is 5.91 Å². The number of carbonyl (C=O) groups excluding carboxylic acids is 1. The van der Waals surface area contributed by atoms with E-state index in [0.717, 1.165) is 22.5 Å². The number of nitrogens with one attached hydrogen (secondary N) is 2. The van der Waals surface area contributed by atoms with Crippen LogP contribution in [-0.4, -0.2) is 15.9 Å². The van der Waals surface area contributed by atoms with Gasteiger partial charge in [0, 0.05) is 16.8 Å². The summed E-state index contributed by atoms with van der Waals surface area (Å²) in [6, 6.07) is 11.7. The lowest BCUT2D eigenvalue weighted by molar-refractivity contribution is 0.102. The number of aryl methyl sites for hydroxylation is 3. The first-order chi connectivity index (χ1) is 11.5. The predicted molar refractivity (Wildman–Crippen MR) is 98.2 cm³/mol. The Morgan fingerprint density at radius 2 is 1.79 bits per heavy atom. The monoisotopic (exact) mass is 338 g/mol. The van der Waals surface area contributed by atoms with Gasteiger partial charge in [-0.3, -0.25) is 4.79 Å². The highest BCUT2D eigenvalue weighted by Gasteiger charge is 2.12. The molecule has 0 fully saturated rings. The van der Waals surface area contributed by atoms with Crippen molar-refractivity contribution in [3.05, 3.63) is 64.3 Å². The Bertz CT molecular complexity index is 868. The highest BCUT2D eigenvalue weighted by atomic mass is 32.1. The Morgan fingerprint density at radius 3 is 2.50 bits per heavy atom. The molecule has 0 saturated heterocycles. The standard InChI is InChI=1S/C18H18N4OS/c1-11-7-12(2)9-14(8-11)20-17(23)15-10-24-18(21-15)22-16-6-4-5-13(3)19-16/h4-10H,1-3H3,(H,20,23)(H,19,21,22). The minimum absolute atomic E-state index is 0.221. The third-order valence-electron chi connectivity index (χ3n) is 3.34. The van der Waals surface area contributed by atoms with Gasteiger partial charge < -0.3 is 10.6 Å². The molecule has 5 nitrogen and oxygen atoms in total. The van der Waals surface area contributed by atoms with E-state index in [1.165, 1.54) is 11.3 Å². The number of aromatic nitrogens is 2. The molecule has 24 heavy (non-hydrogen) atoms. The SMILES string of the molecule is Cc1cc(C)cc(NC(=O)c2csc(Nc3cccc(C)n3)n2)c1. The van der Waals surface area contributed by atoms with Crippen LogP contribution in [0.25, 0.3) is 0 Å². The van der Waals surface area contributed by atoms with E-state index < -0.39 is 0 Å². The van der Waals surface area contributed by atoms with E-state index in [2.05, 4.69) is 26.7 Å². The van der Waals surface area contributed by atoms with Gasteiger partial charge in [-0.05, 0) is 56.2 Å². The van der Waals surface area contributed by atoms with Gasteiger partial charge in [0.05, 0.1) is 0 Å². The van der Waals surface area contributed by atoms with Crippen LogP contribution in [0.1, 0.15) is 27.3 Å². The molecule has 2 heterocycles. The Morgan fingerprint density at radius 1 is 1.04 bits per heavy atom. The first-order valence-corrected chi connectivity index (χ1v) is 8.43. The van der Waals surface area contributed by atoms with E-state index in [9.17, 15) is 4.79 Å². The molecule has 122 valence electrons. The lowest BCUT2D eigenvalue weighted by atomic mass is 10.1. The summed E-state index contributed by atoms with van der Waals surface area (Å²) in [6.07, 6.45) is 0. The Labute approximate surface area is 144 Å². The molecule has 1 amide bonds. The molecular formula is C18H18N4OS. The van der Waals surface area contributed by atoms with Gasteiger partial charge in [-0.15, -0.1) is 11.3 Å². The van der Waals surface area contributed by atoms with E-state index in [4.69, 9.17) is 0 Å². The third kappa shape index (κ3) is 3.97. The van der Waals surface area contributed by atoms with Gasteiger partial charge in [0.2, 0.25) is 0 Å². The van der Waals surface area contributed by atoms with Crippen molar-refractivity contribution in [2.24, 2.45) is 0 Å². The first-order valence-electron chi connectivity index (χ1n) is 7.55. The fraction of sp³-hybridized carbons (Fsp3) is 0.167. The second-order valence-corrected chi connectivity index (χ2v) is 6.52. The first kappa shape index (κ1) is 16.1. The van der Waals surface area contributed by atoms with Crippen molar-refractivity contribution in [3.63, 3.8) is 0 Å². The molecule has 6 heteroatoms. The number of anilines is 3. The van der Waals surface area contributed by atoms with Gasteiger partial charge in [-0.1, -0.05) is 12.1 Å². The van der Waals surface area contributed by atoms with Crippen LogP contribution in [-0.2, 0) is 0 Å². The average molecular weight is 338 g/mol. The number of amides is 1. The quantitative estimate of drug-likeness (QED) is 0.737. The third-order valence-corrected chi connectivity index (χ3v) is 4.10. The average Bonchev–Trinajstić information content (AvgIpc) is 2.94. The zero-order valence-electron chi connectivity index (χ0n) is 13.8. The Balaban J connectivity index is 1.71. The van der Waals surface area contributed by atoms with E-state index in [1.807, 2.05) is 51.1 Å². The normalized spacial score (nSPS) is 10.5. The maximum absolute atomic E-state index is 12.3. The molecule has 0 spiro atoms. The van der Waals surface area contributed by atoms with E-state index in [1.54, 1.807) is 5.38 Å². The second-order valence-electron chi connectivity index (χ2n) is 5.66. The van der Waals surface area contributed by atoms with Crippen molar-refractivity contribution in [1.29, 1.82) is 0 Å². The maximum atomic E-state index is 12.3. The smallest absolute Gasteiger partial charge is 0.275 e. The van der Waals surface area contributed by atoms with Gasteiger partial charge in [-0.25, -0.2) is 9.97 Å². The minimum atomic E-state index is -0.221. The lowest BCUT2D eigenvalue weighted by Gasteiger charge is -2.06. The number of nitrogens with zero attached hydrogens (tertiary/aromatic N) is 2. The number of thiazole rings is 1. The summed E-state index contributed by atoms with van der Waals surface area (Å²) in [7, 11) is 0. The van der Waals surface area contributed by atoms with Crippen LogP contribution in [0, 0.1) is 20.8 Å². The van der Waals surface area contributed by atoms with Crippen molar-refractivity contribution >= 4 is 33.9 Å². The summed E-state index contributed by atoms with van der Waals surface area (Å²) < 4.78 is 0. The molecular weight excluding hydrogens is 320 g/mol. The van der Waals surface area contributed by atoms with Crippen LogP contribution in [0.5, 0.6) is 0 Å².